The molecule has 1 atom stereocenters. The maximum Gasteiger partial charge on any atom is 0.262 e. The molecule has 0 unspecified atom stereocenters. The van der Waals surface area contributed by atoms with Crippen LogP contribution in [0.3, 0.4) is 0 Å². The van der Waals surface area contributed by atoms with Crippen molar-refractivity contribution in [1.82, 2.24) is 9.91 Å². The van der Waals surface area contributed by atoms with Crippen molar-refractivity contribution in [1.29, 1.82) is 0 Å². The van der Waals surface area contributed by atoms with Gasteiger partial charge in [0.25, 0.3) is 11.8 Å². The van der Waals surface area contributed by atoms with Gasteiger partial charge in [-0.2, -0.15) is 5.10 Å². The predicted octanol–water partition coefficient (Wildman–Crippen LogP) is 4.99. The highest BCUT2D eigenvalue weighted by atomic mass is 35.5. The van der Waals surface area contributed by atoms with Gasteiger partial charge in [-0.05, 0) is 35.2 Å². The Labute approximate surface area is 188 Å². The number of amides is 2. The van der Waals surface area contributed by atoms with Gasteiger partial charge in [-0.15, -0.1) is 11.3 Å². The van der Waals surface area contributed by atoms with Crippen LogP contribution >= 0.6 is 22.9 Å². The summed E-state index contributed by atoms with van der Waals surface area (Å²) in [5.74, 6) is -1.56. The average Bonchev–Trinajstić information content (AvgIpc) is 3.44. The first-order valence-electron chi connectivity index (χ1n) is 9.63. The van der Waals surface area contributed by atoms with E-state index in [2.05, 4.69) is 5.10 Å². The first-order valence-corrected chi connectivity index (χ1v) is 10.9. The van der Waals surface area contributed by atoms with Crippen molar-refractivity contribution in [3.05, 3.63) is 92.9 Å². The van der Waals surface area contributed by atoms with E-state index < -0.39 is 11.7 Å². The minimum Gasteiger partial charge on any atom is -0.332 e. The molecule has 5 nitrogen and oxygen atoms in total. The molecule has 2 aromatic carbocycles. The van der Waals surface area contributed by atoms with Gasteiger partial charge in [-0.25, -0.2) is 9.40 Å². The third-order valence-electron chi connectivity index (χ3n) is 5.06. The Morgan fingerprint density at radius 3 is 2.61 bits per heavy atom. The molecule has 0 aliphatic carbocycles. The molecule has 3 aromatic rings. The Kier molecular flexibility index (Phi) is 6.15. The zero-order valence-corrected chi connectivity index (χ0v) is 18.2. The molecule has 1 aliphatic heterocycles. The Bertz CT molecular complexity index is 1150. The third kappa shape index (κ3) is 4.38. The van der Waals surface area contributed by atoms with Crippen molar-refractivity contribution in [2.75, 3.05) is 13.6 Å². The number of carbonyl (C=O) groups is 2. The highest BCUT2D eigenvalue weighted by Gasteiger charge is 2.35. The smallest absolute Gasteiger partial charge is 0.262 e. The zero-order chi connectivity index (χ0) is 22.0. The molecule has 0 radical (unpaired) electrons. The summed E-state index contributed by atoms with van der Waals surface area (Å²) in [6, 6.07) is 16.5. The number of carbonyl (C=O) groups excluding carboxylic acids is 2. The monoisotopic (exact) mass is 455 g/mol. The van der Waals surface area contributed by atoms with Crippen molar-refractivity contribution in [3.63, 3.8) is 0 Å². The number of hydrogen-bond donors (Lipinski definition) is 0. The van der Waals surface area contributed by atoms with E-state index in [4.69, 9.17) is 11.6 Å². The topological polar surface area (TPSA) is 53.0 Å². The van der Waals surface area contributed by atoms with Crippen LogP contribution < -0.4 is 0 Å². The Morgan fingerprint density at radius 1 is 1.16 bits per heavy atom. The highest BCUT2D eigenvalue weighted by molar-refractivity contribution is 7.12. The van der Waals surface area contributed by atoms with Gasteiger partial charge in [-0.3, -0.25) is 9.59 Å². The lowest BCUT2D eigenvalue weighted by Crippen LogP contribution is -2.39. The molecule has 2 amide bonds. The van der Waals surface area contributed by atoms with E-state index in [-0.39, 0.29) is 24.1 Å². The lowest BCUT2D eigenvalue weighted by molar-refractivity contribution is -0.133. The highest BCUT2D eigenvalue weighted by Crippen LogP contribution is 2.37. The molecule has 0 spiro atoms. The summed E-state index contributed by atoms with van der Waals surface area (Å²) in [5.41, 5.74) is 1.50. The second-order valence-corrected chi connectivity index (χ2v) is 8.50. The third-order valence-corrected chi connectivity index (χ3v) is 6.32. The summed E-state index contributed by atoms with van der Waals surface area (Å²) >= 11 is 7.95. The number of thiophene rings is 1. The molecule has 31 heavy (non-hydrogen) atoms. The molecule has 0 saturated heterocycles. The first-order chi connectivity index (χ1) is 15.0. The Balaban J connectivity index is 1.59. The summed E-state index contributed by atoms with van der Waals surface area (Å²) < 4.78 is 14.0. The fourth-order valence-corrected chi connectivity index (χ4v) is 4.49. The number of likely N-dealkylation sites (N-methyl/N-ethyl adjacent to an activating group) is 1. The van der Waals surface area contributed by atoms with E-state index in [1.807, 2.05) is 35.7 Å². The van der Waals surface area contributed by atoms with Crippen molar-refractivity contribution >= 4 is 40.5 Å². The Morgan fingerprint density at radius 2 is 1.90 bits per heavy atom. The van der Waals surface area contributed by atoms with E-state index in [9.17, 15) is 14.0 Å². The van der Waals surface area contributed by atoms with Crippen LogP contribution in [0.5, 0.6) is 0 Å². The van der Waals surface area contributed by atoms with Crippen molar-refractivity contribution < 1.29 is 14.0 Å². The predicted molar refractivity (Wildman–Crippen MR) is 120 cm³/mol. The molecule has 0 fully saturated rings. The summed E-state index contributed by atoms with van der Waals surface area (Å²) in [4.78, 5) is 28.0. The van der Waals surface area contributed by atoms with Crippen LogP contribution in [0.25, 0.3) is 0 Å². The fourth-order valence-electron chi connectivity index (χ4n) is 3.51. The maximum atomic E-state index is 14.0. The SMILES string of the molecule is CN(CC(=O)N1N=C(c2cccs2)C[C@@H]1c1ccccc1Cl)C(=O)c1ccccc1F. The lowest BCUT2D eigenvalue weighted by Gasteiger charge is -2.25. The van der Waals surface area contributed by atoms with Crippen LogP contribution in [0.2, 0.25) is 5.02 Å². The van der Waals surface area contributed by atoms with E-state index >= 15 is 0 Å². The van der Waals surface area contributed by atoms with Crippen molar-refractivity contribution in [3.8, 4) is 0 Å². The molecule has 8 heteroatoms. The standard InChI is InChI=1S/C23H19ClFN3O2S/c1-27(23(30)16-8-3-5-10-18(16)25)14-22(29)28-20(15-7-2-4-9-17(15)24)13-19(26-28)21-11-6-12-31-21/h2-12,20H,13-14H2,1H3/t20-/m1/s1. The normalized spacial score (nSPS) is 15.6. The maximum absolute atomic E-state index is 14.0. The molecular weight excluding hydrogens is 437 g/mol. The molecule has 0 N–H and O–H groups in total. The molecule has 0 bridgehead atoms. The van der Waals surface area contributed by atoms with Crippen LogP contribution in [-0.4, -0.2) is 41.0 Å². The van der Waals surface area contributed by atoms with Gasteiger partial charge in [0.2, 0.25) is 0 Å². The van der Waals surface area contributed by atoms with Crippen molar-refractivity contribution in [2.45, 2.75) is 12.5 Å². The molecular formula is C23H19ClFN3O2S. The summed E-state index contributed by atoms with van der Waals surface area (Å²) in [6.07, 6.45) is 0.515. The fraction of sp³-hybridized carbons (Fsp3) is 0.174. The average molecular weight is 456 g/mol. The van der Waals surface area contributed by atoms with Gasteiger partial charge in [-0.1, -0.05) is 48.0 Å². The molecule has 1 aromatic heterocycles. The second-order valence-electron chi connectivity index (χ2n) is 7.14. The van der Waals surface area contributed by atoms with Crippen LogP contribution in [0, 0.1) is 5.82 Å². The summed E-state index contributed by atoms with van der Waals surface area (Å²) in [5, 5.41) is 8.46. The van der Waals surface area contributed by atoms with Crippen molar-refractivity contribution in [2.24, 2.45) is 5.10 Å². The van der Waals surface area contributed by atoms with Gasteiger partial charge in [0.1, 0.15) is 12.4 Å². The number of hydrazone groups is 1. The lowest BCUT2D eigenvalue weighted by atomic mass is 10.0. The molecule has 158 valence electrons. The van der Waals surface area contributed by atoms with Gasteiger partial charge in [0, 0.05) is 18.5 Å². The second kappa shape index (κ2) is 8.99. The quantitative estimate of drug-likeness (QED) is 0.544. The van der Waals surface area contributed by atoms with Gasteiger partial charge in [0.05, 0.1) is 22.2 Å². The van der Waals surface area contributed by atoms with E-state index in [0.717, 1.165) is 16.2 Å². The number of benzene rings is 2. The van der Waals surface area contributed by atoms with Gasteiger partial charge in [0.15, 0.2) is 0 Å². The molecule has 4 rings (SSSR count). The number of rotatable bonds is 5. The largest absolute Gasteiger partial charge is 0.332 e. The minimum absolute atomic E-state index is 0.0790. The van der Waals surface area contributed by atoms with Crippen LogP contribution in [0.15, 0.2) is 71.1 Å². The van der Waals surface area contributed by atoms with E-state index in [0.29, 0.717) is 11.4 Å². The molecule has 2 heterocycles. The minimum atomic E-state index is -0.625. The van der Waals surface area contributed by atoms with Crippen LogP contribution in [0.4, 0.5) is 4.39 Å². The van der Waals surface area contributed by atoms with Gasteiger partial charge < -0.3 is 4.90 Å². The molecule has 0 saturated carbocycles. The number of hydrogen-bond acceptors (Lipinski definition) is 4. The van der Waals surface area contributed by atoms with Gasteiger partial charge >= 0.3 is 0 Å². The van der Waals surface area contributed by atoms with E-state index in [1.165, 1.54) is 35.2 Å². The summed E-state index contributed by atoms with van der Waals surface area (Å²) in [7, 11) is 1.47. The van der Waals surface area contributed by atoms with E-state index in [1.54, 1.807) is 23.5 Å². The number of halogens is 2. The van der Waals surface area contributed by atoms with Crippen LogP contribution in [-0.2, 0) is 4.79 Å². The zero-order valence-electron chi connectivity index (χ0n) is 16.7. The molecule has 1 aliphatic rings. The summed E-state index contributed by atoms with van der Waals surface area (Å²) in [6.45, 7) is -0.241. The first kappa shape index (κ1) is 21.2. The Hall–Kier alpha value is -3.03. The number of nitrogens with zero attached hydrogens (tertiary/aromatic N) is 3. The van der Waals surface area contributed by atoms with Crippen LogP contribution in [0.1, 0.15) is 33.3 Å².